The Morgan fingerprint density at radius 2 is 1.67 bits per heavy atom. The Labute approximate surface area is 146 Å². The first-order valence-corrected chi connectivity index (χ1v) is 8.21. The molecule has 2 aromatic rings. The number of hydrazine groups is 1. The Kier molecular flexibility index (Phi) is 5.22. The van der Waals surface area contributed by atoms with E-state index in [1.54, 1.807) is 24.4 Å². The van der Waals surface area contributed by atoms with Crippen molar-refractivity contribution >= 4 is 28.9 Å². The van der Waals surface area contributed by atoms with Crippen molar-refractivity contribution in [3.8, 4) is 0 Å². The van der Waals surface area contributed by atoms with Crippen LogP contribution in [0.4, 0.5) is 5.69 Å². The van der Waals surface area contributed by atoms with Gasteiger partial charge in [0.25, 0.3) is 5.91 Å². The molecule has 3 rings (SSSR count). The summed E-state index contributed by atoms with van der Waals surface area (Å²) in [6.07, 6.45) is 1.58. The highest BCUT2D eigenvalue weighted by Gasteiger charge is 2.19. The van der Waals surface area contributed by atoms with Gasteiger partial charge in [-0.1, -0.05) is 24.3 Å². The topological polar surface area (TPSA) is 60.5 Å². The van der Waals surface area contributed by atoms with Crippen LogP contribution in [0.2, 0.25) is 0 Å². The predicted molar refractivity (Wildman–Crippen MR) is 97.7 cm³/mol. The van der Waals surface area contributed by atoms with E-state index in [0.29, 0.717) is 10.8 Å². The maximum atomic E-state index is 11.9. The molecule has 0 saturated carbocycles. The van der Waals surface area contributed by atoms with Gasteiger partial charge in [-0.25, -0.2) is 0 Å². The molecule has 6 nitrogen and oxygen atoms in total. The summed E-state index contributed by atoms with van der Waals surface area (Å²) >= 11 is 5.36. The summed E-state index contributed by atoms with van der Waals surface area (Å²) in [6.45, 7) is 3.39. The summed E-state index contributed by atoms with van der Waals surface area (Å²) in [5.41, 5.74) is 6.97. The Bertz CT molecular complexity index is 687. The number of para-hydroxylation sites is 1. The number of pyridine rings is 1. The molecule has 1 fully saturated rings. The Morgan fingerprint density at radius 1 is 0.958 bits per heavy atom. The van der Waals surface area contributed by atoms with Crippen LogP contribution in [0.3, 0.4) is 0 Å². The molecule has 24 heavy (non-hydrogen) atoms. The minimum absolute atomic E-state index is 0.305. The van der Waals surface area contributed by atoms with Gasteiger partial charge in [0.15, 0.2) is 5.11 Å². The molecule has 0 atom stereocenters. The lowest BCUT2D eigenvalue weighted by Crippen LogP contribution is -2.55. The molecule has 0 aliphatic carbocycles. The number of carbonyl (C=O) groups is 1. The molecule has 124 valence electrons. The molecule has 1 aliphatic heterocycles. The fraction of sp³-hybridized carbons (Fsp3) is 0.235. The van der Waals surface area contributed by atoms with Crippen LogP contribution in [0.25, 0.3) is 0 Å². The van der Waals surface area contributed by atoms with Gasteiger partial charge in [-0.05, 0) is 36.5 Å². The van der Waals surface area contributed by atoms with Crippen molar-refractivity contribution in [2.75, 3.05) is 31.1 Å². The van der Waals surface area contributed by atoms with E-state index in [1.165, 1.54) is 5.69 Å². The van der Waals surface area contributed by atoms with E-state index in [-0.39, 0.29) is 5.91 Å². The van der Waals surface area contributed by atoms with Gasteiger partial charge in [-0.2, -0.15) is 0 Å². The molecule has 2 N–H and O–H groups in total. The maximum Gasteiger partial charge on any atom is 0.288 e. The summed E-state index contributed by atoms with van der Waals surface area (Å²) in [7, 11) is 0. The van der Waals surface area contributed by atoms with Crippen LogP contribution in [0.15, 0.2) is 54.7 Å². The first-order valence-electron chi connectivity index (χ1n) is 7.80. The summed E-state index contributed by atoms with van der Waals surface area (Å²) in [5, 5.41) is 0.520. The minimum Gasteiger partial charge on any atom is -0.368 e. The van der Waals surface area contributed by atoms with E-state index >= 15 is 0 Å². The van der Waals surface area contributed by atoms with E-state index < -0.39 is 0 Å². The van der Waals surface area contributed by atoms with Gasteiger partial charge in [0.05, 0.1) is 0 Å². The third-order valence-corrected chi connectivity index (χ3v) is 4.23. The van der Waals surface area contributed by atoms with Crippen molar-refractivity contribution in [2.45, 2.75) is 0 Å². The van der Waals surface area contributed by atoms with E-state index in [1.807, 2.05) is 23.1 Å². The average molecular weight is 341 g/mol. The standard InChI is InChI=1S/C17H19N5OS/c23-16(15-8-4-5-9-18-15)19-20-17(24)22-12-10-21(11-13-22)14-6-2-1-3-7-14/h1-9H,10-13H2,(H,19,23)(H,20,24). The predicted octanol–water partition coefficient (Wildman–Crippen LogP) is 1.42. The number of nitrogens with one attached hydrogen (secondary N) is 2. The highest BCUT2D eigenvalue weighted by atomic mass is 32.1. The average Bonchev–Trinajstić information content (AvgIpc) is 2.67. The van der Waals surface area contributed by atoms with Crippen molar-refractivity contribution in [2.24, 2.45) is 0 Å². The van der Waals surface area contributed by atoms with Crippen molar-refractivity contribution in [3.63, 3.8) is 0 Å². The van der Waals surface area contributed by atoms with E-state index in [0.717, 1.165) is 26.2 Å². The molecule has 0 radical (unpaired) electrons. The maximum absolute atomic E-state index is 11.9. The van der Waals surface area contributed by atoms with Gasteiger partial charge < -0.3 is 9.80 Å². The van der Waals surface area contributed by atoms with Gasteiger partial charge in [0.2, 0.25) is 0 Å². The number of hydrogen-bond donors (Lipinski definition) is 2. The number of aromatic nitrogens is 1. The molecule has 7 heteroatoms. The van der Waals surface area contributed by atoms with E-state index in [4.69, 9.17) is 12.2 Å². The van der Waals surface area contributed by atoms with Crippen molar-refractivity contribution < 1.29 is 4.79 Å². The fourth-order valence-electron chi connectivity index (χ4n) is 2.56. The van der Waals surface area contributed by atoms with Crippen molar-refractivity contribution in [1.29, 1.82) is 0 Å². The number of thiocarbonyl (C=S) groups is 1. The number of anilines is 1. The van der Waals surface area contributed by atoms with Crippen molar-refractivity contribution in [3.05, 3.63) is 60.4 Å². The van der Waals surface area contributed by atoms with Gasteiger partial charge in [-0.15, -0.1) is 0 Å². The van der Waals surface area contributed by atoms with Crippen LogP contribution in [0.5, 0.6) is 0 Å². The van der Waals surface area contributed by atoms with Crippen LogP contribution < -0.4 is 15.8 Å². The summed E-state index contributed by atoms with van der Waals surface area (Å²) < 4.78 is 0. The highest BCUT2D eigenvalue weighted by molar-refractivity contribution is 7.80. The first kappa shape index (κ1) is 16.2. The lowest BCUT2D eigenvalue weighted by molar-refractivity contribution is 0.0937. The van der Waals surface area contributed by atoms with Crippen LogP contribution >= 0.6 is 12.2 Å². The summed E-state index contributed by atoms with van der Waals surface area (Å²) in [6, 6.07) is 15.5. The molecular weight excluding hydrogens is 322 g/mol. The van der Waals surface area contributed by atoms with Gasteiger partial charge in [0.1, 0.15) is 5.69 Å². The van der Waals surface area contributed by atoms with Crippen molar-refractivity contribution in [1.82, 2.24) is 20.7 Å². The molecule has 1 aromatic carbocycles. The largest absolute Gasteiger partial charge is 0.368 e. The lowest BCUT2D eigenvalue weighted by Gasteiger charge is -2.37. The molecule has 1 amide bonds. The minimum atomic E-state index is -0.305. The molecule has 0 bridgehead atoms. The zero-order chi connectivity index (χ0) is 16.8. The molecule has 1 aromatic heterocycles. The van der Waals surface area contributed by atoms with E-state index in [9.17, 15) is 4.79 Å². The number of rotatable bonds is 2. The molecule has 1 aliphatic rings. The van der Waals surface area contributed by atoms with Crippen LogP contribution in [-0.2, 0) is 0 Å². The Balaban J connectivity index is 1.46. The molecular formula is C17H19N5OS. The lowest BCUT2D eigenvalue weighted by atomic mass is 10.2. The number of amides is 1. The third kappa shape index (κ3) is 3.99. The number of benzene rings is 1. The Morgan fingerprint density at radius 3 is 2.33 bits per heavy atom. The van der Waals surface area contributed by atoms with E-state index in [2.05, 4.69) is 32.9 Å². The SMILES string of the molecule is O=C(NNC(=S)N1CCN(c2ccccc2)CC1)c1ccccn1. The zero-order valence-electron chi connectivity index (χ0n) is 13.2. The molecule has 0 spiro atoms. The first-order chi connectivity index (χ1) is 11.7. The second-order valence-corrected chi connectivity index (χ2v) is 5.80. The van der Waals surface area contributed by atoms with Crippen LogP contribution in [-0.4, -0.2) is 47.1 Å². The van der Waals surface area contributed by atoms with Gasteiger partial charge in [-0.3, -0.25) is 20.6 Å². The van der Waals surface area contributed by atoms with Crippen LogP contribution in [0.1, 0.15) is 10.5 Å². The second-order valence-electron chi connectivity index (χ2n) is 5.41. The summed E-state index contributed by atoms with van der Waals surface area (Å²) in [4.78, 5) is 20.3. The summed E-state index contributed by atoms with van der Waals surface area (Å²) in [5.74, 6) is -0.305. The number of hydrogen-bond acceptors (Lipinski definition) is 4. The highest BCUT2D eigenvalue weighted by Crippen LogP contribution is 2.15. The fourth-order valence-corrected chi connectivity index (χ4v) is 2.79. The van der Waals surface area contributed by atoms with Gasteiger partial charge in [0, 0.05) is 38.1 Å². The van der Waals surface area contributed by atoms with Gasteiger partial charge >= 0.3 is 0 Å². The third-order valence-electron chi connectivity index (χ3n) is 3.87. The monoisotopic (exact) mass is 341 g/mol. The molecule has 1 saturated heterocycles. The normalized spacial score (nSPS) is 14.2. The molecule has 0 unspecified atom stereocenters. The quantitative estimate of drug-likeness (QED) is 0.636. The van der Waals surface area contributed by atoms with Crippen LogP contribution in [0, 0.1) is 0 Å². The molecule has 2 heterocycles. The zero-order valence-corrected chi connectivity index (χ0v) is 14.0. The number of piperazine rings is 1. The Hall–Kier alpha value is -2.67. The number of carbonyl (C=O) groups excluding carboxylic acids is 1. The smallest absolute Gasteiger partial charge is 0.288 e. The second kappa shape index (κ2) is 7.74. The number of nitrogens with zero attached hydrogens (tertiary/aromatic N) is 3.